The number of aromatic amines is 1. The van der Waals surface area contributed by atoms with Crippen molar-refractivity contribution in [2.45, 2.75) is 6.54 Å². The lowest BCUT2D eigenvalue weighted by molar-refractivity contribution is -0.132. The summed E-state index contributed by atoms with van der Waals surface area (Å²) in [6, 6.07) is 6.88. The Balaban J connectivity index is 1.82. The number of carbonyl (C=O) groups excluding carboxylic acids is 1. The summed E-state index contributed by atoms with van der Waals surface area (Å²) in [6.07, 6.45) is 3.37. The van der Waals surface area contributed by atoms with E-state index in [1.165, 1.54) is 0 Å². The number of halogens is 1. The molecule has 0 aliphatic rings. The molecule has 1 amide bonds. The first-order valence-corrected chi connectivity index (χ1v) is 6.13. The normalized spacial score (nSPS) is 10.2. The summed E-state index contributed by atoms with van der Waals surface area (Å²) in [4.78, 5) is 20.4. The van der Waals surface area contributed by atoms with E-state index in [9.17, 15) is 4.79 Å². The van der Waals surface area contributed by atoms with Gasteiger partial charge in [-0.25, -0.2) is 4.98 Å². The molecule has 0 bridgehead atoms. The number of ether oxygens (including phenoxy) is 1. The fourth-order valence-electron chi connectivity index (χ4n) is 1.48. The summed E-state index contributed by atoms with van der Waals surface area (Å²) in [5.41, 5.74) is 0. The van der Waals surface area contributed by atoms with Crippen molar-refractivity contribution in [2.24, 2.45) is 0 Å². The zero-order chi connectivity index (χ0) is 13.7. The first-order valence-electron chi connectivity index (χ1n) is 5.76. The molecule has 2 rings (SSSR count). The van der Waals surface area contributed by atoms with Crippen LogP contribution in [0.25, 0.3) is 0 Å². The van der Waals surface area contributed by atoms with Gasteiger partial charge in [-0.3, -0.25) is 4.79 Å². The Hall–Kier alpha value is -2.01. The van der Waals surface area contributed by atoms with Gasteiger partial charge in [-0.1, -0.05) is 11.6 Å². The lowest BCUT2D eigenvalue weighted by Gasteiger charge is -2.16. The van der Waals surface area contributed by atoms with E-state index in [1.807, 2.05) is 0 Å². The van der Waals surface area contributed by atoms with Crippen LogP contribution in [0.4, 0.5) is 0 Å². The Morgan fingerprint density at radius 3 is 2.79 bits per heavy atom. The van der Waals surface area contributed by atoms with E-state index < -0.39 is 0 Å². The molecule has 19 heavy (non-hydrogen) atoms. The molecule has 2 aromatic rings. The van der Waals surface area contributed by atoms with Gasteiger partial charge in [-0.05, 0) is 24.3 Å². The molecule has 0 radical (unpaired) electrons. The van der Waals surface area contributed by atoms with Gasteiger partial charge in [0.25, 0.3) is 5.91 Å². The molecular weight excluding hydrogens is 266 g/mol. The van der Waals surface area contributed by atoms with E-state index in [-0.39, 0.29) is 12.5 Å². The van der Waals surface area contributed by atoms with Crippen LogP contribution < -0.4 is 4.74 Å². The van der Waals surface area contributed by atoms with Crippen LogP contribution in [0.3, 0.4) is 0 Å². The Morgan fingerprint density at radius 2 is 2.16 bits per heavy atom. The standard InChI is InChI=1S/C13H14ClN3O2/c1-17(8-12-15-6-7-16-12)13(18)9-19-11-4-2-10(14)3-5-11/h2-7H,8-9H2,1H3,(H,15,16). The zero-order valence-electron chi connectivity index (χ0n) is 10.5. The van der Waals surface area contributed by atoms with Crippen LogP contribution in [0.1, 0.15) is 5.82 Å². The van der Waals surface area contributed by atoms with Crippen LogP contribution in [-0.2, 0) is 11.3 Å². The van der Waals surface area contributed by atoms with E-state index in [0.717, 1.165) is 5.82 Å². The SMILES string of the molecule is CN(Cc1ncc[nH]1)C(=O)COc1ccc(Cl)cc1. The Bertz CT molecular complexity index is 525. The molecule has 100 valence electrons. The molecule has 0 saturated carbocycles. The summed E-state index contributed by atoms with van der Waals surface area (Å²) in [5, 5.41) is 0.633. The number of nitrogens with one attached hydrogen (secondary N) is 1. The number of benzene rings is 1. The van der Waals surface area contributed by atoms with E-state index in [0.29, 0.717) is 17.3 Å². The first-order chi connectivity index (χ1) is 9.15. The minimum atomic E-state index is -0.119. The fraction of sp³-hybridized carbons (Fsp3) is 0.231. The third-order valence-electron chi connectivity index (χ3n) is 2.54. The number of rotatable bonds is 5. The maximum absolute atomic E-state index is 11.8. The van der Waals surface area contributed by atoms with E-state index in [2.05, 4.69) is 9.97 Å². The van der Waals surface area contributed by atoms with Crippen LogP contribution in [0, 0.1) is 0 Å². The molecule has 0 aliphatic heterocycles. The number of hydrogen-bond donors (Lipinski definition) is 1. The fourth-order valence-corrected chi connectivity index (χ4v) is 1.61. The minimum Gasteiger partial charge on any atom is -0.484 e. The molecule has 0 saturated heterocycles. The lowest BCUT2D eigenvalue weighted by atomic mass is 10.3. The number of amides is 1. The van der Waals surface area contributed by atoms with E-state index in [4.69, 9.17) is 16.3 Å². The highest BCUT2D eigenvalue weighted by Gasteiger charge is 2.11. The second kappa shape index (κ2) is 6.24. The van der Waals surface area contributed by atoms with Gasteiger partial charge in [0, 0.05) is 24.5 Å². The predicted molar refractivity (Wildman–Crippen MR) is 72.0 cm³/mol. The minimum absolute atomic E-state index is 0.0150. The number of imidazole rings is 1. The van der Waals surface area contributed by atoms with Crippen LogP contribution in [0.2, 0.25) is 5.02 Å². The molecule has 0 atom stereocenters. The summed E-state index contributed by atoms with van der Waals surface area (Å²) >= 11 is 5.76. The molecule has 6 heteroatoms. The van der Waals surface area contributed by atoms with Crippen LogP contribution >= 0.6 is 11.6 Å². The molecule has 0 aliphatic carbocycles. The van der Waals surface area contributed by atoms with Crippen molar-refractivity contribution in [3.8, 4) is 5.75 Å². The average Bonchev–Trinajstić information content (AvgIpc) is 2.90. The van der Waals surface area contributed by atoms with Gasteiger partial charge < -0.3 is 14.6 Å². The summed E-state index contributed by atoms with van der Waals surface area (Å²) in [6.45, 7) is 0.411. The Morgan fingerprint density at radius 1 is 1.42 bits per heavy atom. The summed E-state index contributed by atoms with van der Waals surface area (Å²) in [7, 11) is 1.70. The third-order valence-corrected chi connectivity index (χ3v) is 2.80. The highest BCUT2D eigenvalue weighted by Crippen LogP contribution is 2.15. The number of aromatic nitrogens is 2. The summed E-state index contributed by atoms with van der Waals surface area (Å²) in [5.74, 6) is 1.23. The molecule has 5 nitrogen and oxygen atoms in total. The second-order valence-corrected chi connectivity index (χ2v) is 4.46. The Labute approximate surface area is 116 Å². The van der Waals surface area contributed by atoms with Crippen molar-refractivity contribution in [3.05, 3.63) is 47.5 Å². The molecule has 0 spiro atoms. The molecule has 1 N–H and O–H groups in total. The maximum atomic E-state index is 11.8. The summed E-state index contributed by atoms with van der Waals surface area (Å²) < 4.78 is 5.38. The van der Waals surface area contributed by atoms with Gasteiger partial charge in [-0.2, -0.15) is 0 Å². The Kier molecular flexibility index (Phi) is 4.41. The van der Waals surface area contributed by atoms with Crippen molar-refractivity contribution in [2.75, 3.05) is 13.7 Å². The number of likely N-dealkylation sites (N-methyl/N-ethyl adjacent to an activating group) is 1. The highest BCUT2D eigenvalue weighted by molar-refractivity contribution is 6.30. The van der Waals surface area contributed by atoms with Gasteiger partial charge in [-0.15, -0.1) is 0 Å². The topological polar surface area (TPSA) is 58.2 Å². The van der Waals surface area contributed by atoms with Gasteiger partial charge in [0.2, 0.25) is 0 Å². The molecular formula is C13H14ClN3O2. The highest BCUT2D eigenvalue weighted by atomic mass is 35.5. The lowest BCUT2D eigenvalue weighted by Crippen LogP contribution is -2.31. The molecule has 1 heterocycles. The van der Waals surface area contributed by atoms with Gasteiger partial charge in [0.1, 0.15) is 11.6 Å². The number of carbonyl (C=O) groups is 1. The van der Waals surface area contributed by atoms with E-state index >= 15 is 0 Å². The number of hydrogen-bond acceptors (Lipinski definition) is 3. The number of H-pyrrole nitrogens is 1. The average molecular weight is 280 g/mol. The largest absolute Gasteiger partial charge is 0.484 e. The van der Waals surface area contributed by atoms with Crippen molar-refractivity contribution in [3.63, 3.8) is 0 Å². The van der Waals surface area contributed by atoms with Crippen LogP contribution in [0.15, 0.2) is 36.7 Å². The molecule has 0 fully saturated rings. The zero-order valence-corrected chi connectivity index (χ0v) is 11.2. The van der Waals surface area contributed by atoms with Crippen molar-refractivity contribution in [1.82, 2.24) is 14.9 Å². The smallest absolute Gasteiger partial charge is 0.260 e. The first kappa shape index (κ1) is 13.4. The number of nitrogens with zero attached hydrogens (tertiary/aromatic N) is 2. The quantitative estimate of drug-likeness (QED) is 0.912. The predicted octanol–water partition coefficient (Wildman–Crippen LogP) is 2.10. The molecule has 1 aromatic heterocycles. The second-order valence-electron chi connectivity index (χ2n) is 4.03. The van der Waals surface area contributed by atoms with Crippen LogP contribution in [0.5, 0.6) is 5.75 Å². The molecule has 1 aromatic carbocycles. The van der Waals surface area contributed by atoms with Gasteiger partial charge >= 0.3 is 0 Å². The monoisotopic (exact) mass is 279 g/mol. The van der Waals surface area contributed by atoms with E-state index in [1.54, 1.807) is 48.6 Å². The van der Waals surface area contributed by atoms with Crippen molar-refractivity contribution in [1.29, 1.82) is 0 Å². The van der Waals surface area contributed by atoms with Crippen molar-refractivity contribution < 1.29 is 9.53 Å². The maximum Gasteiger partial charge on any atom is 0.260 e. The van der Waals surface area contributed by atoms with Gasteiger partial charge in [0.05, 0.1) is 6.54 Å². The molecule has 0 unspecified atom stereocenters. The third kappa shape index (κ3) is 3.99. The van der Waals surface area contributed by atoms with Crippen LogP contribution in [-0.4, -0.2) is 34.4 Å². The van der Waals surface area contributed by atoms with Crippen molar-refractivity contribution >= 4 is 17.5 Å². The van der Waals surface area contributed by atoms with Gasteiger partial charge in [0.15, 0.2) is 6.61 Å².